The lowest BCUT2D eigenvalue weighted by atomic mass is 10.2. The molecule has 1 atom stereocenters. The van der Waals surface area contributed by atoms with Gasteiger partial charge in [0, 0.05) is 19.1 Å². The van der Waals surface area contributed by atoms with Gasteiger partial charge >= 0.3 is 0 Å². The van der Waals surface area contributed by atoms with Crippen molar-refractivity contribution in [1.29, 1.82) is 0 Å². The standard InChI is InChI=1S/C12H26N4/c1-5-13-12(14-6-2)15-9-11(16(3)4)10-7-8-10/h10-11H,5-9H2,1-4H3,(H2,13,14,15)/t11-/m0/s1. The van der Waals surface area contributed by atoms with Gasteiger partial charge in [0.15, 0.2) is 5.96 Å². The Morgan fingerprint density at radius 3 is 2.19 bits per heavy atom. The molecule has 1 rings (SSSR count). The summed E-state index contributed by atoms with van der Waals surface area (Å²) in [6.07, 6.45) is 2.74. The van der Waals surface area contributed by atoms with Crippen LogP contribution in [0.3, 0.4) is 0 Å². The van der Waals surface area contributed by atoms with Crippen LogP contribution in [0.2, 0.25) is 0 Å². The molecule has 4 heteroatoms. The molecule has 16 heavy (non-hydrogen) atoms. The van der Waals surface area contributed by atoms with E-state index in [0.29, 0.717) is 6.04 Å². The van der Waals surface area contributed by atoms with Crippen molar-refractivity contribution in [1.82, 2.24) is 15.5 Å². The van der Waals surface area contributed by atoms with Gasteiger partial charge in [-0.25, -0.2) is 0 Å². The molecule has 94 valence electrons. The van der Waals surface area contributed by atoms with Crippen LogP contribution in [0, 0.1) is 5.92 Å². The van der Waals surface area contributed by atoms with Crippen LogP contribution in [0.25, 0.3) is 0 Å². The zero-order valence-electron chi connectivity index (χ0n) is 11.1. The fraction of sp³-hybridized carbons (Fsp3) is 0.917. The average molecular weight is 226 g/mol. The lowest BCUT2D eigenvalue weighted by Gasteiger charge is -2.22. The van der Waals surface area contributed by atoms with E-state index < -0.39 is 0 Å². The number of hydrogen-bond acceptors (Lipinski definition) is 2. The number of likely N-dealkylation sites (N-methyl/N-ethyl adjacent to an activating group) is 1. The van der Waals surface area contributed by atoms with Gasteiger partial charge < -0.3 is 15.5 Å². The Labute approximate surface area is 99.5 Å². The van der Waals surface area contributed by atoms with Crippen molar-refractivity contribution in [3.63, 3.8) is 0 Å². The van der Waals surface area contributed by atoms with E-state index in [0.717, 1.165) is 31.5 Å². The first-order chi connectivity index (χ1) is 7.69. The van der Waals surface area contributed by atoms with Crippen molar-refractivity contribution < 1.29 is 0 Å². The predicted octanol–water partition coefficient (Wildman–Crippen LogP) is 0.902. The first-order valence-electron chi connectivity index (χ1n) is 6.37. The topological polar surface area (TPSA) is 39.7 Å². The molecule has 0 aromatic rings. The molecule has 0 saturated heterocycles. The van der Waals surface area contributed by atoms with E-state index in [2.05, 4.69) is 48.5 Å². The van der Waals surface area contributed by atoms with Crippen molar-refractivity contribution in [3.8, 4) is 0 Å². The molecular formula is C12H26N4. The molecule has 1 saturated carbocycles. The second-order valence-electron chi connectivity index (χ2n) is 4.62. The zero-order chi connectivity index (χ0) is 12.0. The number of nitrogens with zero attached hydrogens (tertiary/aromatic N) is 2. The van der Waals surface area contributed by atoms with Gasteiger partial charge in [-0.15, -0.1) is 0 Å². The second-order valence-corrected chi connectivity index (χ2v) is 4.62. The highest BCUT2D eigenvalue weighted by Gasteiger charge is 2.32. The summed E-state index contributed by atoms with van der Waals surface area (Å²) in [5, 5.41) is 6.52. The molecule has 1 fully saturated rings. The summed E-state index contributed by atoms with van der Waals surface area (Å²) in [7, 11) is 4.30. The summed E-state index contributed by atoms with van der Waals surface area (Å²) in [5.41, 5.74) is 0. The third-order valence-electron chi connectivity index (χ3n) is 2.95. The van der Waals surface area contributed by atoms with E-state index in [9.17, 15) is 0 Å². The van der Waals surface area contributed by atoms with E-state index in [1.54, 1.807) is 0 Å². The van der Waals surface area contributed by atoms with Gasteiger partial charge in [0.25, 0.3) is 0 Å². The Balaban J connectivity index is 2.44. The number of rotatable bonds is 6. The minimum Gasteiger partial charge on any atom is -0.357 e. The zero-order valence-corrected chi connectivity index (χ0v) is 11.1. The number of guanidine groups is 1. The third-order valence-corrected chi connectivity index (χ3v) is 2.95. The first kappa shape index (κ1) is 13.3. The van der Waals surface area contributed by atoms with E-state index >= 15 is 0 Å². The normalized spacial score (nSPS) is 17.1. The summed E-state index contributed by atoms with van der Waals surface area (Å²) in [5.74, 6) is 1.81. The van der Waals surface area contributed by atoms with Gasteiger partial charge in [-0.3, -0.25) is 4.99 Å². The summed E-state index contributed by atoms with van der Waals surface area (Å²) in [4.78, 5) is 6.94. The Hall–Kier alpha value is -0.770. The van der Waals surface area contributed by atoms with Crippen LogP contribution in [0.1, 0.15) is 26.7 Å². The SMILES string of the molecule is CCNC(=NC[C@@H](C1CC1)N(C)C)NCC. The Kier molecular flexibility index (Phi) is 5.60. The number of aliphatic imine (C=N–C) groups is 1. The molecule has 4 nitrogen and oxygen atoms in total. The van der Waals surface area contributed by atoms with Crippen LogP contribution < -0.4 is 10.6 Å². The van der Waals surface area contributed by atoms with Crippen molar-refractivity contribution in [3.05, 3.63) is 0 Å². The second kappa shape index (κ2) is 6.74. The Morgan fingerprint density at radius 2 is 1.81 bits per heavy atom. The van der Waals surface area contributed by atoms with Gasteiger partial charge in [0.2, 0.25) is 0 Å². The van der Waals surface area contributed by atoms with Crippen molar-refractivity contribution in [2.75, 3.05) is 33.7 Å². The van der Waals surface area contributed by atoms with Crippen LogP contribution in [0.5, 0.6) is 0 Å². The minimum atomic E-state index is 0.604. The number of nitrogens with one attached hydrogen (secondary N) is 2. The summed E-state index contributed by atoms with van der Waals surface area (Å²) in [6.45, 7) is 6.92. The molecule has 0 bridgehead atoms. The lowest BCUT2D eigenvalue weighted by Crippen LogP contribution is -2.39. The molecule has 0 unspecified atom stereocenters. The third kappa shape index (κ3) is 4.39. The molecule has 1 aliphatic rings. The van der Waals surface area contributed by atoms with E-state index in [-0.39, 0.29) is 0 Å². The van der Waals surface area contributed by atoms with Gasteiger partial charge in [-0.05, 0) is 46.7 Å². The van der Waals surface area contributed by atoms with Gasteiger partial charge in [0.05, 0.1) is 6.54 Å². The van der Waals surface area contributed by atoms with Crippen LogP contribution in [-0.4, -0.2) is 50.6 Å². The molecule has 1 aliphatic carbocycles. The fourth-order valence-electron chi connectivity index (χ4n) is 1.91. The monoisotopic (exact) mass is 226 g/mol. The maximum atomic E-state index is 4.64. The van der Waals surface area contributed by atoms with Gasteiger partial charge in [-0.1, -0.05) is 0 Å². The summed E-state index contributed by atoms with van der Waals surface area (Å²) < 4.78 is 0. The van der Waals surface area contributed by atoms with Crippen LogP contribution in [0.4, 0.5) is 0 Å². The highest BCUT2D eigenvalue weighted by molar-refractivity contribution is 5.79. The molecular weight excluding hydrogens is 200 g/mol. The van der Waals surface area contributed by atoms with Gasteiger partial charge in [0.1, 0.15) is 0 Å². The fourth-order valence-corrected chi connectivity index (χ4v) is 1.91. The van der Waals surface area contributed by atoms with Crippen LogP contribution in [-0.2, 0) is 0 Å². The van der Waals surface area contributed by atoms with E-state index in [4.69, 9.17) is 0 Å². The lowest BCUT2D eigenvalue weighted by molar-refractivity contribution is 0.271. The van der Waals surface area contributed by atoms with Crippen molar-refractivity contribution >= 4 is 5.96 Å². The minimum absolute atomic E-state index is 0.604. The Morgan fingerprint density at radius 1 is 1.25 bits per heavy atom. The van der Waals surface area contributed by atoms with E-state index in [1.807, 2.05) is 0 Å². The van der Waals surface area contributed by atoms with Gasteiger partial charge in [-0.2, -0.15) is 0 Å². The van der Waals surface area contributed by atoms with E-state index in [1.165, 1.54) is 12.8 Å². The molecule has 0 aromatic heterocycles. The molecule has 0 amide bonds. The highest BCUT2D eigenvalue weighted by atomic mass is 15.2. The van der Waals surface area contributed by atoms with Crippen molar-refractivity contribution in [2.24, 2.45) is 10.9 Å². The smallest absolute Gasteiger partial charge is 0.191 e. The quantitative estimate of drug-likeness (QED) is 0.522. The molecule has 0 heterocycles. The molecule has 0 aliphatic heterocycles. The maximum Gasteiger partial charge on any atom is 0.191 e. The predicted molar refractivity (Wildman–Crippen MR) is 69.9 cm³/mol. The maximum absolute atomic E-state index is 4.64. The molecule has 0 spiro atoms. The number of hydrogen-bond donors (Lipinski definition) is 2. The first-order valence-corrected chi connectivity index (χ1v) is 6.37. The van der Waals surface area contributed by atoms with Crippen LogP contribution >= 0.6 is 0 Å². The van der Waals surface area contributed by atoms with Crippen molar-refractivity contribution in [2.45, 2.75) is 32.7 Å². The average Bonchev–Trinajstić information content (AvgIpc) is 3.02. The molecule has 0 aromatic carbocycles. The highest BCUT2D eigenvalue weighted by Crippen LogP contribution is 2.34. The summed E-state index contributed by atoms with van der Waals surface area (Å²) in [6, 6.07) is 0.604. The van der Waals surface area contributed by atoms with Crippen LogP contribution in [0.15, 0.2) is 4.99 Å². The Bertz CT molecular complexity index is 211. The largest absolute Gasteiger partial charge is 0.357 e. The molecule has 0 radical (unpaired) electrons. The molecule has 2 N–H and O–H groups in total. The summed E-state index contributed by atoms with van der Waals surface area (Å²) >= 11 is 0.